The van der Waals surface area contributed by atoms with Gasteiger partial charge in [-0.2, -0.15) is 18.4 Å². The molecule has 0 aliphatic heterocycles. The summed E-state index contributed by atoms with van der Waals surface area (Å²) in [6, 6.07) is 1.19. The number of hydrogen-bond donors (Lipinski definition) is 1. The maximum atomic E-state index is 11.8. The minimum Gasteiger partial charge on any atom is -0.315 e. The first kappa shape index (κ1) is 10.2. The highest BCUT2D eigenvalue weighted by Crippen LogP contribution is 2.24. The van der Waals surface area contributed by atoms with Gasteiger partial charge in [-0.25, -0.2) is 0 Å². The fraction of sp³-hybridized carbons (Fsp3) is 0.833. The Balaban J connectivity index is 3.89. The van der Waals surface area contributed by atoms with Gasteiger partial charge in [0, 0.05) is 6.54 Å². The molecule has 0 rings (SSSR count). The Kier molecular flexibility index (Phi) is 3.90. The zero-order chi connectivity index (χ0) is 8.91. The summed E-state index contributed by atoms with van der Waals surface area (Å²) in [5.74, 6) is -1.89. The molecule has 0 amide bonds. The van der Waals surface area contributed by atoms with Crippen LogP contribution in [-0.4, -0.2) is 19.3 Å². The third-order valence-electron chi connectivity index (χ3n) is 1.15. The summed E-state index contributed by atoms with van der Waals surface area (Å²) in [5, 5.41) is 10.5. The predicted octanol–water partition coefficient (Wildman–Crippen LogP) is 1.30. The molecular formula is C6H9F3N2. The van der Waals surface area contributed by atoms with E-state index in [1.165, 1.54) is 6.07 Å². The average Bonchev–Trinajstić information content (AvgIpc) is 1.87. The van der Waals surface area contributed by atoms with Gasteiger partial charge in [0.05, 0.1) is 6.07 Å². The first-order valence-electron chi connectivity index (χ1n) is 3.19. The Morgan fingerprint density at radius 2 is 2.09 bits per heavy atom. The van der Waals surface area contributed by atoms with Crippen LogP contribution in [0.4, 0.5) is 13.2 Å². The van der Waals surface area contributed by atoms with Gasteiger partial charge in [0.1, 0.15) is 0 Å². The molecule has 0 aromatic carbocycles. The molecule has 0 radical (unpaired) electrons. The molecule has 0 saturated carbocycles. The largest absolute Gasteiger partial charge is 0.405 e. The number of nitrogens with one attached hydrogen (secondary N) is 1. The van der Waals surface area contributed by atoms with Gasteiger partial charge in [0.15, 0.2) is 5.92 Å². The van der Waals surface area contributed by atoms with Crippen molar-refractivity contribution in [1.82, 2.24) is 5.32 Å². The highest BCUT2D eigenvalue weighted by atomic mass is 19.4. The zero-order valence-corrected chi connectivity index (χ0v) is 6.07. The van der Waals surface area contributed by atoms with Crippen LogP contribution in [0.25, 0.3) is 0 Å². The van der Waals surface area contributed by atoms with Gasteiger partial charge < -0.3 is 5.32 Å². The van der Waals surface area contributed by atoms with Gasteiger partial charge in [0.2, 0.25) is 0 Å². The molecule has 0 fully saturated rings. The van der Waals surface area contributed by atoms with E-state index in [1.807, 2.05) is 0 Å². The van der Waals surface area contributed by atoms with Gasteiger partial charge in [0.25, 0.3) is 0 Å². The summed E-state index contributed by atoms with van der Waals surface area (Å²) in [4.78, 5) is 0. The second-order valence-corrected chi connectivity index (χ2v) is 2.03. The molecule has 1 N–H and O–H groups in total. The zero-order valence-electron chi connectivity index (χ0n) is 6.07. The Morgan fingerprint density at radius 1 is 1.55 bits per heavy atom. The molecule has 2 nitrogen and oxygen atoms in total. The third-order valence-corrected chi connectivity index (χ3v) is 1.15. The molecule has 0 bridgehead atoms. The summed E-state index contributed by atoms with van der Waals surface area (Å²) in [5.41, 5.74) is 0. The number of nitriles is 1. The van der Waals surface area contributed by atoms with Crippen molar-refractivity contribution in [3.63, 3.8) is 0 Å². The quantitative estimate of drug-likeness (QED) is 0.685. The number of rotatable bonds is 3. The van der Waals surface area contributed by atoms with Crippen LogP contribution in [0, 0.1) is 17.2 Å². The van der Waals surface area contributed by atoms with Gasteiger partial charge in [-0.05, 0) is 6.54 Å². The predicted molar refractivity (Wildman–Crippen MR) is 33.7 cm³/mol. The first-order valence-corrected chi connectivity index (χ1v) is 3.19. The van der Waals surface area contributed by atoms with Crippen molar-refractivity contribution in [3.05, 3.63) is 0 Å². The first-order chi connectivity index (χ1) is 5.02. The lowest BCUT2D eigenvalue weighted by Gasteiger charge is -2.12. The molecule has 11 heavy (non-hydrogen) atoms. The lowest BCUT2D eigenvalue weighted by Crippen LogP contribution is -2.32. The van der Waals surface area contributed by atoms with Crippen molar-refractivity contribution in [3.8, 4) is 6.07 Å². The molecule has 0 saturated heterocycles. The Morgan fingerprint density at radius 3 is 2.36 bits per heavy atom. The van der Waals surface area contributed by atoms with Crippen LogP contribution in [0.1, 0.15) is 6.92 Å². The molecule has 0 aromatic rings. The van der Waals surface area contributed by atoms with E-state index in [9.17, 15) is 13.2 Å². The van der Waals surface area contributed by atoms with E-state index in [0.717, 1.165) is 0 Å². The number of nitrogens with zero attached hydrogens (tertiary/aromatic N) is 1. The second kappa shape index (κ2) is 4.19. The maximum absolute atomic E-state index is 11.8. The van der Waals surface area contributed by atoms with Crippen molar-refractivity contribution in [2.45, 2.75) is 13.1 Å². The van der Waals surface area contributed by atoms with E-state index in [-0.39, 0.29) is 6.54 Å². The van der Waals surface area contributed by atoms with Crippen LogP contribution in [0.5, 0.6) is 0 Å². The Labute approximate surface area is 63.0 Å². The van der Waals surface area contributed by atoms with E-state index in [4.69, 9.17) is 5.26 Å². The third kappa shape index (κ3) is 3.83. The van der Waals surface area contributed by atoms with E-state index < -0.39 is 12.1 Å². The fourth-order valence-corrected chi connectivity index (χ4v) is 0.523. The van der Waals surface area contributed by atoms with Gasteiger partial charge >= 0.3 is 6.18 Å². The van der Waals surface area contributed by atoms with Crippen molar-refractivity contribution in [2.24, 2.45) is 5.92 Å². The van der Waals surface area contributed by atoms with Gasteiger partial charge in [-0.1, -0.05) is 6.92 Å². The second-order valence-electron chi connectivity index (χ2n) is 2.03. The molecule has 0 heterocycles. The Hall–Kier alpha value is -0.760. The normalized spacial score (nSPS) is 14.1. The minimum atomic E-state index is -4.41. The minimum absolute atomic E-state index is 0.323. The summed E-state index contributed by atoms with van der Waals surface area (Å²) < 4.78 is 35.3. The number of alkyl halides is 3. The highest BCUT2D eigenvalue weighted by molar-refractivity contribution is 4.89. The van der Waals surface area contributed by atoms with Crippen molar-refractivity contribution in [2.75, 3.05) is 13.1 Å². The van der Waals surface area contributed by atoms with E-state index in [0.29, 0.717) is 6.54 Å². The summed E-state index contributed by atoms with van der Waals surface area (Å²) in [7, 11) is 0. The molecule has 0 aromatic heterocycles. The van der Waals surface area contributed by atoms with Crippen LogP contribution < -0.4 is 5.32 Å². The van der Waals surface area contributed by atoms with E-state index in [1.54, 1.807) is 6.92 Å². The lowest BCUT2D eigenvalue weighted by molar-refractivity contribution is -0.157. The van der Waals surface area contributed by atoms with Crippen LogP contribution in [-0.2, 0) is 0 Å². The molecule has 0 spiro atoms. The van der Waals surface area contributed by atoms with Crippen LogP contribution in [0.2, 0.25) is 0 Å². The number of hydrogen-bond acceptors (Lipinski definition) is 2. The van der Waals surface area contributed by atoms with Crippen LogP contribution in [0.3, 0.4) is 0 Å². The van der Waals surface area contributed by atoms with Gasteiger partial charge in [-0.3, -0.25) is 0 Å². The topological polar surface area (TPSA) is 35.8 Å². The summed E-state index contributed by atoms with van der Waals surface area (Å²) >= 11 is 0. The highest BCUT2D eigenvalue weighted by Gasteiger charge is 2.39. The summed E-state index contributed by atoms with van der Waals surface area (Å²) in [6.07, 6.45) is -4.41. The van der Waals surface area contributed by atoms with Crippen molar-refractivity contribution in [1.29, 1.82) is 5.26 Å². The molecule has 1 atom stereocenters. The van der Waals surface area contributed by atoms with Gasteiger partial charge in [-0.15, -0.1) is 0 Å². The van der Waals surface area contributed by atoms with Crippen molar-refractivity contribution >= 4 is 0 Å². The number of halogens is 3. The molecule has 0 aliphatic carbocycles. The monoisotopic (exact) mass is 166 g/mol. The van der Waals surface area contributed by atoms with Crippen LogP contribution in [0.15, 0.2) is 0 Å². The average molecular weight is 166 g/mol. The molecular weight excluding hydrogens is 157 g/mol. The smallest absolute Gasteiger partial charge is 0.315 e. The lowest BCUT2D eigenvalue weighted by atomic mass is 10.1. The molecule has 64 valence electrons. The molecule has 0 aliphatic rings. The van der Waals surface area contributed by atoms with Crippen LogP contribution >= 0.6 is 0 Å². The molecule has 5 heteroatoms. The molecule has 1 unspecified atom stereocenters. The Bertz CT molecular complexity index is 147. The SMILES string of the molecule is CCNCC(C#N)C(F)(F)F. The summed E-state index contributed by atoms with van der Waals surface area (Å²) in [6.45, 7) is 1.80. The van der Waals surface area contributed by atoms with E-state index >= 15 is 0 Å². The maximum Gasteiger partial charge on any atom is 0.405 e. The van der Waals surface area contributed by atoms with E-state index in [2.05, 4.69) is 5.32 Å². The van der Waals surface area contributed by atoms with Crippen molar-refractivity contribution < 1.29 is 13.2 Å². The fourth-order valence-electron chi connectivity index (χ4n) is 0.523. The standard InChI is InChI=1S/C6H9F3N2/c1-2-11-4-5(3-10)6(7,8)9/h5,11H,2,4H2,1H3.